The van der Waals surface area contributed by atoms with E-state index in [4.69, 9.17) is 18.9 Å². The summed E-state index contributed by atoms with van der Waals surface area (Å²) in [6.07, 6.45) is 3.29. The van der Waals surface area contributed by atoms with Gasteiger partial charge in [-0.1, -0.05) is 18.2 Å². The van der Waals surface area contributed by atoms with Crippen molar-refractivity contribution < 1.29 is 102 Å². The van der Waals surface area contributed by atoms with E-state index in [0.29, 0.717) is 28.4 Å². The van der Waals surface area contributed by atoms with Crippen LogP contribution in [0.2, 0.25) is 0 Å². The van der Waals surface area contributed by atoms with Crippen molar-refractivity contribution in [2.45, 2.75) is 6.61 Å². The van der Waals surface area contributed by atoms with E-state index >= 15 is 0 Å². The van der Waals surface area contributed by atoms with Gasteiger partial charge in [0.25, 0.3) is 0 Å². The molecule has 2 rings (SSSR count). The number of hydrogen-bond donors (Lipinski definition) is 1. The van der Waals surface area contributed by atoms with Crippen LogP contribution in [0.5, 0.6) is 28.7 Å². The van der Waals surface area contributed by atoms with Crippen LogP contribution in [0.15, 0.2) is 24.3 Å². The zero-order valence-electron chi connectivity index (χ0n) is 18.3. The van der Waals surface area contributed by atoms with Gasteiger partial charge in [-0.3, -0.25) is 0 Å². The summed E-state index contributed by atoms with van der Waals surface area (Å²) in [5, 5.41) is 10.3. The van der Waals surface area contributed by atoms with Gasteiger partial charge in [-0.25, -0.2) is 0 Å². The van der Waals surface area contributed by atoms with Gasteiger partial charge in [0.15, 0.2) is 23.0 Å². The van der Waals surface area contributed by atoms with E-state index in [-0.39, 0.29) is 76.2 Å². The Balaban J connectivity index is 0.00000450. The molecule has 2 aromatic rings. The molecular formula is C19H21Na2O9P. The fourth-order valence-electron chi connectivity index (χ4n) is 2.63. The maximum Gasteiger partial charge on any atom is 1.00 e. The predicted molar refractivity (Wildman–Crippen MR) is 102 cm³/mol. The first-order valence-electron chi connectivity index (χ1n) is 8.27. The van der Waals surface area contributed by atoms with Gasteiger partial charge in [-0.15, -0.1) is 0 Å². The van der Waals surface area contributed by atoms with Crippen molar-refractivity contribution in [3.8, 4) is 28.7 Å². The number of methoxy groups -OCH3 is 4. The maximum absolute atomic E-state index is 10.8. The van der Waals surface area contributed by atoms with E-state index in [2.05, 4.69) is 4.52 Å². The van der Waals surface area contributed by atoms with Crippen molar-refractivity contribution in [2.75, 3.05) is 28.4 Å². The molecule has 1 N–H and O–H groups in total. The molecule has 0 heterocycles. The number of phosphoric ester groups is 1. The quantitative estimate of drug-likeness (QED) is 0.221. The molecule has 158 valence electrons. The summed E-state index contributed by atoms with van der Waals surface area (Å²) in [5.41, 5.74) is 1.19. The van der Waals surface area contributed by atoms with Crippen LogP contribution in [0.1, 0.15) is 16.7 Å². The van der Waals surface area contributed by atoms with Crippen LogP contribution in [-0.4, -0.2) is 33.5 Å². The second-order valence-electron chi connectivity index (χ2n) is 5.70. The molecule has 12 heteroatoms. The molecule has 9 nitrogen and oxygen atoms in total. The molecule has 0 amide bonds. The number of rotatable bonds is 9. The van der Waals surface area contributed by atoms with Gasteiger partial charge >= 0.3 is 59.1 Å². The molecule has 0 unspecified atom stereocenters. The van der Waals surface area contributed by atoms with Crippen LogP contribution in [0.3, 0.4) is 0 Å². The number of phenolic OH excluding ortho intramolecular Hbond substituents is 1. The summed E-state index contributed by atoms with van der Waals surface area (Å²) in [6.45, 7) is -0.637. The molecule has 0 bridgehead atoms. The molecule has 0 saturated carbocycles. The molecule has 2 aromatic carbocycles. The first-order valence-corrected chi connectivity index (χ1v) is 9.73. The Hall–Kier alpha value is -0.710. The van der Waals surface area contributed by atoms with Crippen LogP contribution in [0.4, 0.5) is 0 Å². The Bertz CT molecular complexity index is 919. The van der Waals surface area contributed by atoms with Crippen LogP contribution in [0.25, 0.3) is 12.2 Å². The van der Waals surface area contributed by atoms with Gasteiger partial charge in [0.1, 0.15) is 0 Å². The topological polar surface area (TPSA) is 130 Å². The monoisotopic (exact) mass is 470 g/mol. The van der Waals surface area contributed by atoms with Gasteiger partial charge in [0, 0.05) is 5.56 Å². The number of phosphoric acid groups is 1. The second-order valence-corrected chi connectivity index (χ2v) is 6.85. The molecule has 0 saturated heterocycles. The first kappa shape index (κ1) is 30.3. The molecule has 0 radical (unpaired) electrons. The third kappa shape index (κ3) is 8.29. The Labute approximate surface area is 225 Å². The van der Waals surface area contributed by atoms with Crippen LogP contribution in [-0.2, 0) is 15.7 Å². The minimum atomic E-state index is -5.22. The number of aromatic hydroxyl groups is 1. The Kier molecular flexibility index (Phi) is 13.4. The van der Waals surface area contributed by atoms with Crippen molar-refractivity contribution >= 4 is 20.0 Å². The molecule has 0 aliphatic rings. The van der Waals surface area contributed by atoms with Crippen LogP contribution < -0.4 is 87.8 Å². The van der Waals surface area contributed by atoms with Crippen molar-refractivity contribution in [1.29, 1.82) is 0 Å². The molecule has 0 aliphatic heterocycles. The molecule has 0 fully saturated rings. The van der Waals surface area contributed by atoms with E-state index < -0.39 is 14.4 Å². The number of phenols is 1. The molecule has 0 spiro atoms. The largest absolute Gasteiger partial charge is 1.00 e. The van der Waals surface area contributed by atoms with E-state index in [0.717, 1.165) is 0 Å². The Morgan fingerprint density at radius 1 is 0.903 bits per heavy atom. The maximum atomic E-state index is 10.8. The minimum absolute atomic E-state index is 0. The van der Waals surface area contributed by atoms with Gasteiger partial charge in [-0.05, 0) is 29.3 Å². The number of hydrogen-bond acceptors (Lipinski definition) is 9. The SMILES string of the molecule is COc1ccc(/C=C\c2cc(OC)c(OC)c(OC)c2)c(COP(=O)([O-])[O-])c1O.[Na+].[Na+]. The summed E-state index contributed by atoms with van der Waals surface area (Å²) in [5.74, 6) is 1.12. The van der Waals surface area contributed by atoms with E-state index in [1.54, 1.807) is 30.4 Å². The zero-order valence-corrected chi connectivity index (χ0v) is 23.2. The predicted octanol–water partition coefficient (Wildman–Crippen LogP) is -4.05. The van der Waals surface area contributed by atoms with Crippen molar-refractivity contribution in [1.82, 2.24) is 0 Å². The van der Waals surface area contributed by atoms with Crippen LogP contribution >= 0.6 is 7.82 Å². The van der Waals surface area contributed by atoms with Crippen molar-refractivity contribution in [3.05, 3.63) is 41.0 Å². The second kappa shape index (κ2) is 13.7. The molecule has 0 aromatic heterocycles. The standard InChI is InChI=1S/C19H23O9P.2Na/c1-24-15-8-7-13(14(18(15)20)11-28-29(21,22)23)6-5-12-9-16(25-2)19(27-4)17(10-12)26-3;;/h5-10,20H,11H2,1-4H3,(H2,21,22,23);;/q;2*+1/p-2/b6-5-;;. The smallest absolute Gasteiger partial charge is 0.790 e. The number of benzene rings is 2. The Morgan fingerprint density at radius 3 is 1.90 bits per heavy atom. The zero-order chi connectivity index (χ0) is 21.6. The third-order valence-corrected chi connectivity index (χ3v) is 4.46. The van der Waals surface area contributed by atoms with Crippen molar-refractivity contribution in [2.24, 2.45) is 0 Å². The molecule has 0 aliphatic carbocycles. The molecule has 31 heavy (non-hydrogen) atoms. The summed E-state index contributed by atoms with van der Waals surface area (Å²) in [7, 11) is 0.597. The third-order valence-electron chi connectivity index (χ3n) is 4.01. The fraction of sp³-hybridized carbons (Fsp3) is 0.263. The fourth-order valence-corrected chi connectivity index (χ4v) is 2.92. The van der Waals surface area contributed by atoms with E-state index in [9.17, 15) is 19.5 Å². The van der Waals surface area contributed by atoms with E-state index in [1.165, 1.54) is 34.5 Å². The average Bonchev–Trinajstić information content (AvgIpc) is 2.69. The summed E-state index contributed by atoms with van der Waals surface area (Å²) < 4.78 is 36.1. The van der Waals surface area contributed by atoms with Gasteiger partial charge in [0.2, 0.25) is 5.75 Å². The van der Waals surface area contributed by atoms with Gasteiger partial charge in [-0.2, -0.15) is 0 Å². The van der Waals surface area contributed by atoms with Crippen LogP contribution in [0, 0.1) is 0 Å². The molecule has 0 atom stereocenters. The summed E-state index contributed by atoms with van der Waals surface area (Å²) >= 11 is 0. The average molecular weight is 470 g/mol. The summed E-state index contributed by atoms with van der Waals surface area (Å²) in [4.78, 5) is 21.7. The summed E-state index contributed by atoms with van der Waals surface area (Å²) in [6, 6.07) is 6.51. The minimum Gasteiger partial charge on any atom is -0.790 e. The van der Waals surface area contributed by atoms with Crippen molar-refractivity contribution in [3.63, 3.8) is 0 Å². The normalized spacial score (nSPS) is 10.8. The first-order chi connectivity index (χ1) is 13.7. The number of ether oxygens (including phenoxy) is 4. The van der Waals surface area contributed by atoms with Gasteiger partial charge < -0.3 is 42.9 Å². The molecular weight excluding hydrogens is 449 g/mol. The van der Waals surface area contributed by atoms with E-state index in [1.807, 2.05) is 0 Å². The van der Waals surface area contributed by atoms with Gasteiger partial charge in [0.05, 0.1) is 42.9 Å². The Morgan fingerprint density at radius 2 is 1.45 bits per heavy atom.